The average molecular weight is 431 g/mol. The molecule has 0 spiro atoms. The highest BCUT2D eigenvalue weighted by Crippen LogP contribution is 2.20. The average Bonchev–Trinajstić information content (AvgIpc) is 3.33. The number of rotatable bonds is 7. The van der Waals surface area contributed by atoms with E-state index in [1.807, 2.05) is 25.8 Å². The molecule has 2 aromatic carbocycles. The molecule has 1 fully saturated rings. The number of guanidine groups is 1. The van der Waals surface area contributed by atoms with Gasteiger partial charge in [-0.1, -0.05) is 54.6 Å². The van der Waals surface area contributed by atoms with E-state index in [-0.39, 0.29) is 0 Å². The molecule has 0 aliphatic carbocycles. The van der Waals surface area contributed by atoms with Crippen LogP contribution in [0.4, 0.5) is 0 Å². The first-order valence-electron chi connectivity index (χ1n) is 11.5. The Hall–Kier alpha value is -3.12. The van der Waals surface area contributed by atoms with E-state index in [1.54, 1.807) is 0 Å². The van der Waals surface area contributed by atoms with Gasteiger partial charge in [-0.05, 0) is 36.5 Å². The highest BCUT2D eigenvalue weighted by atomic mass is 15.2. The number of nitrogens with one attached hydrogen (secondary N) is 2. The molecule has 1 aliphatic heterocycles. The summed E-state index contributed by atoms with van der Waals surface area (Å²) in [5, 5.41) is 7.11. The number of piperidine rings is 1. The third kappa shape index (κ3) is 6.20. The zero-order valence-corrected chi connectivity index (χ0v) is 19.1. The second kappa shape index (κ2) is 11.0. The Kier molecular flexibility index (Phi) is 7.56. The minimum absolute atomic E-state index is 0.445. The first-order valence-corrected chi connectivity index (χ1v) is 11.5. The Morgan fingerprint density at radius 2 is 1.78 bits per heavy atom. The second-order valence-electron chi connectivity index (χ2n) is 8.65. The third-order valence-corrected chi connectivity index (χ3v) is 6.21. The molecule has 2 unspecified atom stereocenters. The third-order valence-electron chi connectivity index (χ3n) is 6.21. The van der Waals surface area contributed by atoms with Crippen molar-refractivity contribution in [3.05, 3.63) is 90.0 Å². The van der Waals surface area contributed by atoms with Crippen LogP contribution >= 0.6 is 0 Å². The molecule has 1 saturated heterocycles. The summed E-state index contributed by atoms with van der Waals surface area (Å²) < 4.78 is 2.07. The molecular formula is C26H34N6. The molecule has 168 valence electrons. The maximum absolute atomic E-state index is 4.45. The Labute approximate surface area is 191 Å². The summed E-state index contributed by atoms with van der Waals surface area (Å²) in [6.07, 6.45) is 7.89. The van der Waals surface area contributed by atoms with E-state index in [4.69, 9.17) is 0 Å². The van der Waals surface area contributed by atoms with Crippen molar-refractivity contribution in [3.63, 3.8) is 0 Å². The largest absolute Gasteiger partial charge is 0.354 e. The van der Waals surface area contributed by atoms with Crippen molar-refractivity contribution in [2.45, 2.75) is 51.5 Å². The topological polar surface area (TPSA) is 57.5 Å². The number of nitrogens with zero attached hydrogens (tertiary/aromatic N) is 4. The van der Waals surface area contributed by atoms with Crippen LogP contribution in [0.25, 0.3) is 0 Å². The fourth-order valence-corrected chi connectivity index (χ4v) is 4.33. The van der Waals surface area contributed by atoms with Crippen molar-refractivity contribution in [2.24, 2.45) is 4.99 Å². The molecule has 4 rings (SSSR count). The molecule has 0 saturated carbocycles. The van der Waals surface area contributed by atoms with E-state index in [0.29, 0.717) is 12.1 Å². The lowest BCUT2D eigenvalue weighted by Crippen LogP contribution is -2.51. The van der Waals surface area contributed by atoms with Gasteiger partial charge in [0, 0.05) is 57.7 Å². The van der Waals surface area contributed by atoms with E-state index >= 15 is 0 Å². The minimum atomic E-state index is 0.445. The number of aliphatic imine (C=N–C) groups is 1. The normalized spacial score (nSPS) is 19.6. The lowest BCUT2D eigenvalue weighted by molar-refractivity contribution is 0.134. The first kappa shape index (κ1) is 22.1. The van der Waals surface area contributed by atoms with Crippen LogP contribution in [-0.2, 0) is 19.6 Å². The predicted octanol–water partition coefficient (Wildman–Crippen LogP) is 3.65. The fourth-order valence-electron chi connectivity index (χ4n) is 4.33. The van der Waals surface area contributed by atoms with Gasteiger partial charge in [0.15, 0.2) is 5.96 Å². The van der Waals surface area contributed by atoms with Crippen LogP contribution in [0.15, 0.2) is 78.3 Å². The van der Waals surface area contributed by atoms with Gasteiger partial charge in [-0.25, -0.2) is 4.98 Å². The van der Waals surface area contributed by atoms with Gasteiger partial charge >= 0.3 is 0 Å². The molecule has 3 aromatic rings. The summed E-state index contributed by atoms with van der Waals surface area (Å²) in [4.78, 5) is 11.1. The smallest absolute Gasteiger partial charge is 0.191 e. The highest BCUT2D eigenvalue weighted by molar-refractivity contribution is 5.79. The van der Waals surface area contributed by atoms with Crippen LogP contribution in [0, 0.1) is 0 Å². The van der Waals surface area contributed by atoms with E-state index in [0.717, 1.165) is 45.0 Å². The molecule has 0 bridgehead atoms. The van der Waals surface area contributed by atoms with Crippen LogP contribution in [-0.4, -0.2) is 46.1 Å². The van der Waals surface area contributed by atoms with Crippen LogP contribution in [0.5, 0.6) is 0 Å². The molecule has 1 aliphatic rings. The standard InChI is InChI=1S/C26H34N6/c1-21-16-25(12-14-32(21)19-23-6-4-3-5-7-23)30-26(27-2)29-17-22-8-10-24(11-9-22)18-31-15-13-28-20-31/h3-11,13,15,20-21,25H,12,14,16-19H2,1-2H3,(H2,27,29,30). The van der Waals surface area contributed by atoms with Gasteiger partial charge in [-0.3, -0.25) is 9.89 Å². The van der Waals surface area contributed by atoms with Crippen LogP contribution in [0.1, 0.15) is 36.5 Å². The Bertz CT molecular complexity index is 965. The summed E-state index contributed by atoms with van der Waals surface area (Å²) in [5.41, 5.74) is 3.90. The molecule has 2 atom stereocenters. The molecule has 32 heavy (non-hydrogen) atoms. The molecular weight excluding hydrogens is 396 g/mol. The lowest BCUT2D eigenvalue weighted by atomic mass is 9.97. The van der Waals surface area contributed by atoms with Crippen molar-refractivity contribution < 1.29 is 0 Å². The van der Waals surface area contributed by atoms with Crippen molar-refractivity contribution >= 4 is 5.96 Å². The number of hydrogen-bond acceptors (Lipinski definition) is 3. The van der Waals surface area contributed by atoms with E-state index in [1.165, 1.54) is 16.7 Å². The monoisotopic (exact) mass is 430 g/mol. The van der Waals surface area contributed by atoms with Crippen molar-refractivity contribution in [2.75, 3.05) is 13.6 Å². The first-order chi connectivity index (χ1) is 15.7. The number of aromatic nitrogens is 2. The zero-order chi connectivity index (χ0) is 22.2. The van der Waals surface area contributed by atoms with Gasteiger partial charge < -0.3 is 15.2 Å². The van der Waals surface area contributed by atoms with Gasteiger partial charge in [-0.2, -0.15) is 0 Å². The summed E-state index contributed by atoms with van der Waals surface area (Å²) in [6.45, 7) is 6.06. The lowest BCUT2D eigenvalue weighted by Gasteiger charge is -2.38. The number of likely N-dealkylation sites (tertiary alicyclic amines) is 1. The predicted molar refractivity (Wildman–Crippen MR) is 130 cm³/mol. The molecule has 2 heterocycles. The highest BCUT2D eigenvalue weighted by Gasteiger charge is 2.25. The number of benzene rings is 2. The zero-order valence-electron chi connectivity index (χ0n) is 19.1. The van der Waals surface area contributed by atoms with E-state index in [2.05, 4.69) is 91.6 Å². The van der Waals surface area contributed by atoms with Crippen molar-refractivity contribution in [3.8, 4) is 0 Å². The van der Waals surface area contributed by atoms with Crippen LogP contribution in [0.2, 0.25) is 0 Å². The molecule has 6 nitrogen and oxygen atoms in total. The van der Waals surface area contributed by atoms with Crippen LogP contribution < -0.4 is 10.6 Å². The molecule has 0 amide bonds. The molecule has 6 heteroatoms. The molecule has 0 radical (unpaired) electrons. The summed E-state index contributed by atoms with van der Waals surface area (Å²) >= 11 is 0. The van der Waals surface area contributed by atoms with E-state index in [9.17, 15) is 0 Å². The maximum atomic E-state index is 4.45. The number of imidazole rings is 1. The number of hydrogen-bond donors (Lipinski definition) is 2. The Balaban J connectivity index is 1.22. The Morgan fingerprint density at radius 3 is 2.47 bits per heavy atom. The summed E-state index contributed by atoms with van der Waals surface area (Å²) in [6, 6.07) is 20.5. The van der Waals surface area contributed by atoms with Gasteiger partial charge in [-0.15, -0.1) is 0 Å². The summed E-state index contributed by atoms with van der Waals surface area (Å²) in [5.74, 6) is 0.876. The van der Waals surface area contributed by atoms with Crippen molar-refractivity contribution in [1.82, 2.24) is 25.1 Å². The van der Waals surface area contributed by atoms with Gasteiger partial charge in [0.1, 0.15) is 0 Å². The van der Waals surface area contributed by atoms with Gasteiger partial charge in [0.25, 0.3) is 0 Å². The molecule has 2 N–H and O–H groups in total. The quantitative estimate of drug-likeness (QED) is 0.444. The van der Waals surface area contributed by atoms with Gasteiger partial charge in [0.2, 0.25) is 0 Å². The maximum Gasteiger partial charge on any atom is 0.191 e. The van der Waals surface area contributed by atoms with Crippen LogP contribution in [0.3, 0.4) is 0 Å². The van der Waals surface area contributed by atoms with Gasteiger partial charge in [0.05, 0.1) is 6.33 Å². The Morgan fingerprint density at radius 1 is 1.03 bits per heavy atom. The SMILES string of the molecule is CN=C(NCc1ccc(Cn2ccnc2)cc1)NC1CCN(Cc2ccccc2)C(C)C1. The molecule has 1 aromatic heterocycles. The second-order valence-corrected chi connectivity index (χ2v) is 8.65. The summed E-state index contributed by atoms with van der Waals surface area (Å²) in [7, 11) is 1.84. The van der Waals surface area contributed by atoms with E-state index < -0.39 is 0 Å². The fraction of sp³-hybridized carbons (Fsp3) is 0.385. The minimum Gasteiger partial charge on any atom is -0.354 e. The van der Waals surface area contributed by atoms with Crippen molar-refractivity contribution in [1.29, 1.82) is 0 Å².